The van der Waals surface area contributed by atoms with Crippen molar-refractivity contribution >= 4 is 27.4 Å². The molecular weight excluding hydrogens is 288 g/mol. The van der Waals surface area contributed by atoms with Crippen LogP contribution in [0.5, 0.6) is 0 Å². The number of rotatable bonds is 3. The van der Waals surface area contributed by atoms with E-state index in [0.717, 1.165) is 19.1 Å². The summed E-state index contributed by atoms with van der Waals surface area (Å²) >= 11 is 2.84. The molecule has 0 heterocycles. The van der Waals surface area contributed by atoms with Crippen LogP contribution < -0.4 is 0 Å². The van der Waals surface area contributed by atoms with Crippen LogP contribution in [0.15, 0.2) is 16.6 Å². The minimum absolute atomic E-state index is 0.0967. The molecule has 0 amide bonds. The summed E-state index contributed by atoms with van der Waals surface area (Å²) in [7, 11) is 0. The number of Topliss-reactive ketones (excluding diaryl/α,β-unsaturated/α-hetero) is 1. The number of alkyl halides is 2. The zero-order valence-corrected chi connectivity index (χ0v) is 9.62. The average Bonchev–Trinajstić information content (AvgIpc) is 2.16. The molecule has 0 atom stereocenters. The highest BCUT2D eigenvalue weighted by Crippen LogP contribution is 2.34. The van der Waals surface area contributed by atoms with Crippen LogP contribution in [0.25, 0.3) is 0 Å². The first kappa shape index (κ1) is 12.7. The van der Waals surface area contributed by atoms with Gasteiger partial charge in [-0.25, -0.2) is 8.78 Å². The second-order valence-corrected chi connectivity index (χ2v) is 3.80. The summed E-state index contributed by atoms with van der Waals surface area (Å²) in [5.41, 5.74) is -1.20. The van der Waals surface area contributed by atoms with Crippen LogP contribution in [-0.4, -0.2) is 10.7 Å². The van der Waals surface area contributed by atoms with Crippen LogP contribution in [0.1, 0.15) is 29.3 Å². The Morgan fingerprint density at radius 1 is 1.50 bits per heavy atom. The van der Waals surface area contributed by atoms with E-state index in [4.69, 9.17) is 0 Å². The fourth-order valence-electron chi connectivity index (χ4n) is 1.15. The minimum atomic E-state index is -2.88. The van der Waals surface area contributed by atoms with Gasteiger partial charge in [0.2, 0.25) is 0 Å². The Morgan fingerprint density at radius 3 is 2.44 bits per heavy atom. The van der Waals surface area contributed by atoms with Crippen LogP contribution in [0.4, 0.5) is 14.5 Å². The summed E-state index contributed by atoms with van der Waals surface area (Å²) in [6.07, 6.45) is -2.88. The number of carbonyl (C=O) groups is 1. The monoisotopic (exact) mass is 293 g/mol. The van der Waals surface area contributed by atoms with Crippen molar-refractivity contribution in [1.29, 1.82) is 0 Å². The third kappa shape index (κ3) is 2.41. The highest BCUT2D eigenvalue weighted by atomic mass is 79.9. The third-order valence-electron chi connectivity index (χ3n) is 1.91. The highest BCUT2D eigenvalue weighted by Gasteiger charge is 2.22. The number of non-ortho nitro benzene ring substituents is 1. The lowest BCUT2D eigenvalue weighted by atomic mass is 10.1. The van der Waals surface area contributed by atoms with Crippen molar-refractivity contribution < 1.29 is 18.5 Å². The van der Waals surface area contributed by atoms with Gasteiger partial charge in [-0.05, 0) is 22.9 Å². The van der Waals surface area contributed by atoms with E-state index in [-0.39, 0.29) is 10.0 Å². The van der Waals surface area contributed by atoms with Gasteiger partial charge in [-0.3, -0.25) is 14.9 Å². The molecule has 0 saturated carbocycles. The van der Waals surface area contributed by atoms with E-state index in [0.29, 0.717) is 0 Å². The van der Waals surface area contributed by atoms with Gasteiger partial charge < -0.3 is 0 Å². The molecule has 1 aromatic carbocycles. The first-order chi connectivity index (χ1) is 7.34. The first-order valence-electron chi connectivity index (χ1n) is 4.11. The normalized spacial score (nSPS) is 10.6. The SMILES string of the molecule is CC(=O)c1cc([N+](=O)[O-])cc(C(F)F)c1Br. The molecule has 0 aliphatic carbocycles. The maximum atomic E-state index is 12.6. The number of nitro groups is 1. The van der Waals surface area contributed by atoms with E-state index in [2.05, 4.69) is 15.9 Å². The van der Waals surface area contributed by atoms with Crippen molar-refractivity contribution in [3.8, 4) is 0 Å². The van der Waals surface area contributed by atoms with Crippen molar-refractivity contribution in [2.75, 3.05) is 0 Å². The molecule has 0 spiro atoms. The smallest absolute Gasteiger partial charge is 0.270 e. The third-order valence-corrected chi connectivity index (χ3v) is 2.80. The Hall–Kier alpha value is -1.37. The number of benzene rings is 1. The second kappa shape index (κ2) is 4.65. The zero-order valence-electron chi connectivity index (χ0n) is 8.04. The van der Waals surface area contributed by atoms with Crippen LogP contribution in [0.3, 0.4) is 0 Å². The van der Waals surface area contributed by atoms with Crippen LogP contribution in [-0.2, 0) is 0 Å². The summed E-state index contributed by atoms with van der Waals surface area (Å²) in [6.45, 7) is 1.15. The maximum absolute atomic E-state index is 12.6. The van der Waals surface area contributed by atoms with Gasteiger partial charge in [0.25, 0.3) is 12.1 Å². The van der Waals surface area contributed by atoms with Crippen molar-refractivity contribution in [3.05, 3.63) is 37.8 Å². The average molecular weight is 294 g/mol. The van der Waals surface area contributed by atoms with E-state index < -0.39 is 28.4 Å². The standard InChI is InChI=1S/C9H6BrF2NO3/c1-4(14)6-2-5(13(15)16)3-7(8(6)10)9(11)12/h2-3,9H,1H3. The molecule has 0 bridgehead atoms. The predicted molar refractivity (Wildman–Crippen MR) is 55.8 cm³/mol. The minimum Gasteiger partial charge on any atom is -0.294 e. The molecule has 86 valence electrons. The van der Waals surface area contributed by atoms with E-state index in [1.165, 1.54) is 0 Å². The molecule has 0 aliphatic heterocycles. The fourth-order valence-corrected chi connectivity index (χ4v) is 1.83. The van der Waals surface area contributed by atoms with Gasteiger partial charge in [-0.2, -0.15) is 0 Å². The van der Waals surface area contributed by atoms with E-state index in [1.807, 2.05) is 0 Å². The fraction of sp³-hybridized carbons (Fsp3) is 0.222. The molecule has 16 heavy (non-hydrogen) atoms. The van der Waals surface area contributed by atoms with Gasteiger partial charge in [-0.15, -0.1) is 0 Å². The number of nitrogens with zero attached hydrogens (tertiary/aromatic N) is 1. The van der Waals surface area contributed by atoms with Crippen LogP contribution in [0.2, 0.25) is 0 Å². The molecule has 0 N–H and O–H groups in total. The van der Waals surface area contributed by atoms with E-state index in [1.54, 1.807) is 0 Å². The number of hydrogen-bond donors (Lipinski definition) is 0. The molecule has 0 fully saturated rings. The van der Waals surface area contributed by atoms with E-state index >= 15 is 0 Å². The Morgan fingerprint density at radius 2 is 2.06 bits per heavy atom. The van der Waals surface area contributed by atoms with Crippen molar-refractivity contribution in [3.63, 3.8) is 0 Å². The van der Waals surface area contributed by atoms with Gasteiger partial charge >= 0.3 is 0 Å². The van der Waals surface area contributed by atoms with E-state index in [9.17, 15) is 23.7 Å². The lowest BCUT2D eigenvalue weighted by Gasteiger charge is -2.07. The Bertz CT molecular complexity index is 462. The molecular formula is C9H6BrF2NO3. The molecule has 1 aromatic rings. The van der Waals surface area contributed by atoms with Gasteiger partial charge in [0.15, 0.2) is 5.78 Å². The van der Waals surface area contributed by atoms with Gasteiger partial charge in [-0.1, -0.05) is 0 Å². The van der Waals surface area contributed by atoms with Crippen molar-refractivity contribution in [2.24, 2.45) is 0 Å². The lowest BCUT2D eigenvalue weighted by Crippen LogP contribution is -2.01. The lowest BCUT2D eigenvalue weighted by molar-refractivity contribution is -0.385. The summed E-state index contributed by atoms with van der Waals surface area (Å²) < 4.78 is 25.0. The van der Waals surface area contributed by atoms with Crippen LogP contribution >= 0.6 is 15.9 Å². The maximum Gasteiger partial charge on any atom is 0.270 e. The second-order valence-electron chi connectivity index (χ2n) is 3.01. The molecule has 0 unspecified atom stereocenters. The molecule has 1 rings (SSSR count). The van der Waals surface area contributed by atoms with Crippen molar-refractivity contribution in [2.45, 2.75) is 13.3 Å². The zero-order chi connectivity index (χ0) is 12.5. The number of carbonyl (C=O) groups excluding carboxylic acids is 1. The number of halogens is 3. The van der Waals surface area contributed by atoms with Crippen LogP contribution in [0, 0.1) is 10.1 Å². The molecule has 4 nitrogen and oxygen atoms in total. The molecule has 7 heteroatoms. The summed E-state index contributed by atoms with van der Waals surface area (Å²) in [4.78, 5) is 20.8. The number of hydrogen-bond acceptors (Lipinski definition) is 3. The molecule has 0 saturated heterocycles. The highest BCUT2D eigenvalue weighted by molar-refractivity contribution is 9.10. The predicted octanol–water partition coefficient (Wildman–Crippen LogP) is 3.50. The quantitative estimate of drug-likeness (QED) is 0.487. The van der Waals surface area contributed by atoms with Gasteiger partial charge in [0, 0.05) is 27.7 Å². The Balaban J connectivity index is 3.51. The van der Waals surface area contributed by atoms with Crippen molar-refractivity contribution in [1.82, 2.24) is 0 Å². The number of nitro benzene ring substituents is 1. The largest absolute Gasteiger partial charge is 0.294 e. The molecule has 0 aromatic heterocycles. The van der Waals surface area contributed by atoms with Gasteiger partial charge in [0.05, 0.1) is 4.92 Å². The Kier molecular flexibility index (Phi) is 3.69. The molecule has 0 radical (unpaired) electrons. The molecule has 0 aliphatic rings. The number of ketones is 1. The summed E-state index contributed by atoms with van der Waals surface area (Å²) in [5, 5.41) is 10.5. The first-order valence-corrected chi connectivity index (χ1v) is 4.90. The topological polar surface area (TPSA) is 60.2 Å². The summed E-state index contributed by atoms with van der Waals surface area (Å²) in [6, 6.07) is 1.72. The summed E-state index contributed by atoms with van der Waals surface area (Å²) in [5.74, 6) is -0.516. The van der Waals surface area contributed by atoms with Gasteiger partial charge in [0.1, 0.15) is 0 Å². The Labute approximate surface area is 97.5 Å².